The van der Waals surface area contributed by atoms with Crippen LogP contribution in [0.25, 0.3) is 22.2 Å². The molecule has 0 unspecified atom stereocenters. The molecule has 0 saturated heterocycles. The first-order valence-electron chi connectivity index (χ1n) is 7.45. The number of nitrogens with zero attached hydrogens (tertiary/aromatic N) is 2. The van der Waals surface area contributed by atoms with Crippen LogP contribution in [0.15, 0.2) is 77.8 Å². The van der Waals surface area contributed by atoms with E-state index >= 15 is 0 Å². The van der Waals surface area contributed by atoms with Crippen LogP contribution in [0.5, 0.6) is 0 Å². The van der Waals surface area contributed by atoms with Gasteiger partial charge in [0.2, 0.25) is 0 Å². The molecule has 116 valence electrons. The molecular formula is C19H13N3O2. The molecule has 0 spiro atoms. The Labute approximate surface area is 138 Å². The summed E-state index contributed by atoms with van der Waals surface area (Å²) in [6.45, 7) is 0. The van der Waals surface area contributed by atoms with E-state index in [-0.39, 0.29) is 5.91 Å². The van der Waals surface area contributed by atoms with Crippen molar-refractivity contribution in [2.45, 2.75) is 0 Å². The summed E-state index contributed by atoms with van der Waals surface area (Å²) in [7, 11) is 0. The van der Waals surface area contributed by atoms with E-state index in [0.29, 0.717) is 11.3 Å². The van der Waals surface area contributed by atoms with E-state index in [9.17, 15) is 4.79 Å². The lowest BCUT2D eigenvalue weighted by molar-refractivity contribution is 0.102. The number of carbonyl (C=O) groups excluding carboxylic acids is 1. The van der Waals surface area contributed by atoms with Crippen LogP contribution in [0, 0.1) is 0 Å². The molecule has 0 atom stereocenters. The predicted molar refractivity (Wildman–Crippen MR) is 91.6 cm³/mol. The monoisotopic (exact) mass is 315 g/mol. The number of aromatic nitrogens is 2. The predicted octanol–water partition coefficient (Wildman–Crippen LogP) is 4.14. The maximum Gasteiger partial charge on any atom is 0.255 e. The van der Waals surface area contributed by atoms with Crippen LogP contribution in [0.1, 0.15) is 10.4 Å². The second-order valence-corrected chi connectivity index (χ2v) is 5.27. The van der Waals surface area contributed by atoms with Gasteiger partial charge in [0.25, 0.3) is 5.91 Å². The summed E-state index contributed by atoms with van der Waals surface area (Å²) in [6, 6.07) is 14.6. The number of amides is 1. The summed E-state index contributed by atoms with van der Waals surface area (Å²) in [5, 5.41) is 3.76. The van der Waals surface area contributed by atoms with E-state index in [1.54, 1.807) is 49.1 Å². The van der Waals surface area contributed by atoms with Crippen molar-refractivity contribution < 1.29 is 9.21 Å². The number of carbonyl (C=O) groups is 1. The van der Waals surface area contributed by atoms with Gasteiger partial charge in [0.1, 0.15) is 5.58 Å². The van der Waals surface area contributed by atoms with Gasteiger partial charge >= 0.3 is 0 Å². The number of furan rings is 1. The zero-order valence-electron chi connectivity index (χ0n) is 12.6. The number of hydrogen-bond donors (Lipinski definition) is 1. The normalized spacial score (nSPS) is 10.7. The van der Waals surface area contributed by atoms with Crippen molar-refractivity contribution in [1.29, 1.82) is 0 Å². The molecule has 3 aromatic heterocycles. The highest BCUT2D eigenvalue weighted by Crippen LogP contribution is 2.27. The third-order valence-electron chi connectivity index (χ3n) is 3.72. The summed E-state index contributed by atoms with van der Waals surface area (Å²) in [5.41, 5.74) is 3.79. The lowest BCUT2D eigenvalue weighted by Gasteiger charge is -2.06. The number of hydrogen-bond acceptors (Lipinski definition) is 4. The quantitative estimate of drug-likeness (QED) is 0.617. The smallest absolute Gasteiger partial charge is 0.255 e. The molecule has 1 amide bonds. The zero-order chi connectivity index (χ0) is 16.4. The minimum atomic E-state index is -0.177. The molecule has 24 heavy (non-hydrogen) atoms. The average Bonchev–Trinajstić information content (AvgIpc) is 3.11. The topological polar surface area (TPSA) is 68.0 Å². The number of anilines is 1. The molecule has 0 saturated carbocycles. The number of benzene rings is 1. The summed E-state index contributed by atoms with van der Waals surface area (Å²) < 4.78 is 5.40. The van der Waals surface area contributed by atoms with Gasteiger partial charge in [-0.15, -0.1) is 0 Å². The standard InChI is InChI=1S/C19H13N3O2/c23-19(22-15-2-1-9-20-12-15)14-5-3-13(4-6-14)18-16-8-11-24-17(16)7-10-21-18/h1-12H,(H,22,23). The van der Waals surface area contributed by atoms with Crippen LogP contribution < -0.4 is 5.32 Å². The number of nitrogens with one attached hydrogen (secondary N) is 1. The highest BCUT2D eigenvalue weighted by Gasteiger charge is 2.10. The summed E-state index contributed by atoms with van der Waals surface area (Å²) in [5.74, 6) is -0.177. The Morgan fingerprint density at radius 3 is 2.67 bits per heavy atom. The van der Waals surface area contributed by atoms with Crippen LogP contribution >= 0.6 is 0 Å². The van der Waals surface area contributed by atoms with Crippen molar-refractivity contribution in [2.24, 2.45) is 0 Å². The molecular weight excluding hydrogens is 302 g/mol. The van der Waals surface area contributed by atoms with Crippen molar-refractivity contribution in [1.82, 2.24) is 9.97 Å². The van der Waals surface area contributed by atoms with Gasteiger partial charge < -0.3 is 9.73 Å². The largest absolute Gasteiger partial charge is 0.464 e. The number of rotatable bonds is 3. The van der Waals surface area contributed by atoms with Crippen LogP contribution in [0.2, 0.25) is 0 Å². The van der Waals surface area contributed by atoms with Crippen LogP contribution in [0.3, 0.4) is 0 Å². The minimum Gasteiger partial charge on any atom is -0.464 e. The Morgan fingerprint density at radius 1 is 1.00 bits per heavy atom. The fraction of sp³-hybridized carbons (Fsp3) is 0. The Kier molecular flexibility index (Phi) is 3.51. The molecule has 0 radical (unpaired) electrons. The van der Waals surface area contributed by atoms with E-state index in [4.69, 9.17) is 4.42 Å². The van der Waals surface area contributed by atoms with Crippen LogP contribution in [-0.2, 0) is 0 Å². The van der Waals surface area contributed by atoms with E-state index in [1.165, 1.54) is 0 Å². The third kappa shape index (κ3) is 2.63. The average molecular weight is 315 g/mol. The second kappa shape index (κ2) is 5.96. The Balaban J connectivity index is 1.61. The molecule has 5 heteroatoms. The zero-order valence-corrected chi connectivity index (χ0v) is 12.6. The lowest BCUT2D eigenvalue weighted by Crippen LogP contribution is -2.11. The van der Waals surface area contributed by atoms with E-state index in [2.05, 4.69) is 15.3 Å². The Morgan fingerprint density at radius 2 is 1.88 bits per heavy atom. The molecule has 5 nitrogen and oxygen atoms in total. The highest BCUT2D eigenvalue weighted by molar-refractivity contribution is 6.04. The second-order valence-electron chi connectivity index (χ2n) is 5.27. The Hall–Kier alpha value is -3.47. The third-order valence-corrected chi connectivity index (χ3v) is 3.72. The number of fused-ring (bicyclic) bond motifs is 1. The van der Waals surface area contributed by atoms with Gasteiger partial charge in [-0.1, -0.05) is 12.1 Å². The molecule has 0 fully saturated rings. The molecule has 3 heterocycles. The first kappa shape index (κ1) is 14.1. The Bertz CT molecular complexity index is 992. The first-order chi connectivity index (χ1) is 11.8. The van der Waals surface area contributed by atoms with E-state index < -0.39 is 0 Å². The van der Waals surface area contributed by atoms with Gasteiger partial charge in [0.05, 0.1) is 23.8 Å². The maximum atomic E-state index is 12.3. The highest BCUT2D eigenvalue weighted by atomic mass is 16.3. The van der Waals surface area contributed by atoms with Gasteiger partial charge in [-0.2, -0.15) is 0 Å². The molecule has 4 aromatic rings. The van der Waals surface area contributed by atoms with Crippen molar-refractivity contribution in [3.63, 3.8) is 0 Å². The van der Waals surface area contributed by atoms with Crippen molar-refractivity contribution >= 4 is 22.6 Å². The van der Waals surface area contributed by atoms with Crippen molar-refractivity contribution in [3.05, 3.63) is 78.9 Å². The van der Waals surface area contributed by atoms with Crippen LogP contribution in [-0.4, -0.2) is 15.9 Å². The molecule has 0 aliphatic rings. The maximum absolute atomic E-state index is 12.3. The van der Waals surface area contributed by atoms with Gasteiger partial charge in [-0.25, -0.2) is 0 Å². The van der Waals surface area contributed by atoms with Crippen LogP contribution in [0.4, 0.5) is 5.69 Å². The van der Waals surface area contributed by atoms with Gasteiger partial charge in [-0.05, 0) is 36.4 Å². The molecule has 0 aliphatic carbocycles. The molecule has 4 rings (SSSR count). The fourth-order valence-electron chi connectivity index (χ4n) is 2.54. The van der Waals surface area contributed by atoms with Crippen molar-refractivity contribution in [2.75, 3.05) is 5.32 Å². The summed E-state index contributed by atoms with van der Waals surface area (Å²) >= 11 is 0. The lowest BCUT2D eigenvalue weighted by atomic mass is 10.1. The van der Waals surface area contributed by atoms with E-state index in [1.807, 2.05) is 24.3 Å². The molecule has 1 aromatic carbocycles. The molecule has 1 N–H and O–H groups in total. The molecule has 0 bridgehead atoms. The number of pyridine rings is 2. The summed E-state index contributed by atoms with van der Waals surface area (Å²) in [6.07, 6.45) is 6.62. The van der Waals surface area contributed by atoms with Crippen molar-refractivity contribution in [3.8, 4) is 11.3 Å². The minimum absolute atomic E-state index is 0.177. The SMILES string of the molecule is O=C(Nc1cccnc1)c1ccc(-c2nccc3occc23)cc1. The van der Waals surface area contributed by atoms with Gasteiger partial charge in [0.15, 0.2) is 0 Å². The first-order valence-corrected chi connectivity index (χ1v) is 7.45. The fourth-order valence-corrected chi connectivity index (χ4v) is 2.54. The van der Waals surface area contributed by atoms with Gasteiger partial charge in [0, 0.05) is 28.9 Å². The molecule has 0 aliphatic heterocycles. The van der Waals surface area contributed by atoms with Gasteiger partial charge in [-0.3, -0.25) is 14.8 Å². The van der Waals surface area contributed by atoms with E-state index in [0.717, 1.165) is 22.2 Å². The summed E-state index contributed by atoms with van der Waals surface area (Å²) in [4.78, 5) is 20.7.